The average molecular weight is 915 g/mol. The molecule has 4 aromatic carbocycles. The van der Waals surface area contributed by atoms with Gasteiger partial charge in [-0.05, 0) is 0 Å². The first-order chi connectivity index (χ1) is 24.4. The topological polar surface area (TPSA) is 0 Å². The van der Waals surface area contributed by atoms with Gasteiger partial charge < -0.3 is 0 Å². The molecule has 6 rings (SSSR count). The van der Waals surface area contributed by atoms with Gasteiger partial charge in [-0.25, -0.2) is 0 Å². The third-order valence-corrected chi connectivity index (χ3v) is 85.4. The number of fused-ring (bicyclic) bond motifs is 2. The Balaban J connectivity index is 1.66. The van der Waals surface area contributed by atoms with Gasteiger partial charge in [-0.3, -0.25) is 0 Å². The van der Waals surface area contributed by atoms with Gasteiger partial charge >= 0.3 is 327 Å². The van der Waals surface area contributed by atoms with Crippen molar-refractivity contribution in [3.63, 3.8) is 0 Å². The van der Waals surface area contributed by atoms with E-state index >= 15 is 0 Å². The van der Waals surface area contributed by atoms with Crippen LogP contribution in [0.4, 0.5) is 0 Å². The molecule has 2 aliphatic rings. The first-order valence-corrected chi connectivity index (χ1v) is 42.0. The second kappa shape index (κ2) is 14.3. The predicted octanol–water partition coefficient (Wildman–Crippen LogP) is 15.3. The molecule has 0 nitrogen and oxygen atoms in total. The Bertz CT molecular complexity index is 1910. The molecule has 52 heavy (non-hydrogen) atoms. The maximum atomic E-state index is 8.96. The molecule has 4 unspecified atom stereocenters. The summed E-state index contributed by atoms with van der Waals surface area (Å²) in [6, 6.07) is 32.1. The van der Waals surface area contributed by atoms with E-state index in [2.05, 4.69) is 179 Å². The summed E-state index contributed by atoms with van der Waals surface area (Å²) in [5.41, 5.74) is 16.5. The van der Waals surface area contributed by atoms with Crippen LogP contribution in [-0.4, -0.2) is 5.98 Å². The van der Waals surface area contributed by atoms with Crippen LogP contribution in [0.5, 0.6) is 0 Å². The molecule has 0 saturated carbocycles. The summed E-state index contributed by atoms with van der Waals surface area (Å²) in [5.74, 6) is -0.945. The van der Waals surface area contributed by atoms with Crippen molar-refractivity contribution in [3.05, 3.63) is 129 Å². The van der Waals surface area contributed by atoms with E-state index in [9.17, 15) is 0 Å². The molecule has 2 aliphatic carbocycles. The zero-order valence-electron chi connectivity index (χ0n) is 33.8. The van der Waals surface area contributed by atoms with E-state index in [0.29, 0.717) is 11.8 Å². The van der Waals surface area contributed by atoms with Crippen LogP contribution in [0.3, 0.4) is 0 Å². The van der Waals surface area contributed by atoms with Gasteiger partial charge in [0.05, 0.1) is 0 Å². The van der Waals surface area contributed by atoms with Gasteiger partial charge in [0.1, 0.15) is 0 Å². The summed E-state index contributed by atoms with van der Waals surface area (Å²) in [4.78, 5) is 0. The molecule has 0 N–H and O–H groups in total. The van der Waals surface area contributed by atoms with Crippen LogP contribution in [0.2, 0.25) is 13.1 Å². The second-order valence-electron chi connectivity index (χ2n) is 18.4. The first-order valence-electron chi connectivity index (χ1n) is 19.8. The van der Waals surface area contributed by atoms with E-state index in [-0.39, 0.29) is 18.2 Å². The minimum absolute atomic E-state index is 0.0159. The van der Waals surface area contributed by atoms with E-state index in [4.69, 9.17) is 17.2 Å². The van der Waals surface area contributed by atoms with Gasteiger partial charge in [-0.2, -0.15) is 0 Å². The Hall–Kier alpha value is -1.97. The van der Waals surface area contributed by atoms with Crippen LogP contribution in [-0.2, 0) is 26.1 Å². The van der Waals surface area contributed by atoms with Gasteiger partial charge in [-0.1, -0.05) is 0 Å². The molecule has 0 saturated heterocycles. The molecule has 0 heterocycles. The van der Waals surface area contributed by atoms with Gasteiger partial charge in [0.15, 0.2) is 0 Å². The Kier molecular flexibility index (Phi) is 10.9. The summed E-state index contributed by atoms with van der Waals surface area (Å²) < 4.78 is 0.153. The van der Waals surface area contributed by atoms with Gasteiger partial charge in [0.2, 0.25) is 0 Å². The standard InChI is InChI=1S/2C23H27.C2H7Si.2ClH.Hf/c2*1-6-16(2)18-14-17-10-9-12-19(21(17)15-18)20-11-7-8-13-22(20)23(3,4)5;1-3-2;;;/h2*7-16H,6H2,1-5H3;3H,1-2H3;2*1H;/q;;;;;+2/p-2. The molecule has 0 bridgehead atoms. The Labute approximate surface area is 325 Å². The molecular formula is C48H61Cl2HfSi. The van der Waals surface area contributed by atoms with Crippen LogP contribution < -0.4 is 0 Å². The summed E-state index contributed by atoms with van der Waals surface area (Å²) in [6.07, 6.45) is 7.23. The van der Waals surface area contributed by atoms with E-state index < -0.39 is 21.3 Å². The Morgan fingerprint density at radius 3 is 1.23 bits per heavy atom. The van der Waals surface area contributed by atoms with Crippen molar-refractivity contribution in [1.29, 1.82) is 0 Å². The van der Waals surface area contributed by atoms with Crippen LogP contribution in [0.15, 0.2) is 96.1 Å². The molecule has 0 amide bonds. The van der Waals surface area contributed by atoms with Crippen molar-refractivity contribution in [2.24, 2.45) is 11.8 Å². The van der Waals surface area contributed by atoms with Gasteiger partial charge in [-0.15, -0.1) is 0 Å². The molecular weight excluding hydrogens is 854 g/mol. The fraction of sp³-hybridized carbons (Fsp3) is 0.417. The van der Waals surface area contributed by atoms with E-state index in [0.717, 1.165) is 12.8 Å². The zero-order valence-corrected chi connectivity index (χ0v) is 40.1. The third-order valence-electron chi connectivity index (χ3n) is 12.8. The van der Waals surface area contributed by atoms with Gasteiger partial charge in [0, 0.05) is 0 Å². The van der Waals surface area contributed by atoms with Gasteiger partial charge in [0.25, 0.3) is 0 Å². The molecule has 0 aromatic heterocycles. The minimum atomic E-state index is -5.17. The Morgan fingerprint density at radius 1 is 0.558 bits per heavy atom. The van der Waals surface area contributed by atoms with Crippen molar-refractivity contribution >= 4 is 35.3 Å². The summed E-state index contributed by atoms with van der Waals surface area (Å²) in [6.45, 7) is 28.4. The number of hydrogen-bond donors (Lipinski definition) is 0. The van der Waals surface area contributed by atoms with E-state index in [1.54, 1.807) is 0 Å². The molecule has 4 heteroatoms. The fourth-order valence-electron chi connectivity index (χ4n) is 9.45. The van der Waals surface area contributed by atoms with Crippen LogP contribution >= 0.6 is 17.2 Å². The maximum absolute atomic E-state index is 8.96. The fourth-order valence-corrected chi connectivity index (χ4v) is 53.7. The quantitative estimate of drug-likeness (QED) is 0.147. The van der Waals surface area contributed by atoms with Crippen LogP contribution in [0.1, 0.15) is 123 Å². The molecule has 0 fully saturated rings. The monoisotopic (exact) mass is 915 g/mol. The summed E-state index contributed by atoms with van der Waals surface area (Å²) in [5, 5.41) is 0. The van der Waals surface area contributed by atoms with E-state index in [1.807, 2.05) is 0 Å². The zero-order chi connectivity index (χ0) is 38.0. The predicted molar refractivity (Wildman–Crippen MR) is 232 cm³/mol. The van der Waals surface area contributed by atoms with Crippen molar-refractivity contribution < 1.29 is 15.3 Å². The number of rotatable bonds is 9. The average Bonchev–Trinajstić information content (AvgIpc) is 3.71. The summed E-state index contributed by atoms with van der Waals surface area (Å²) >= 11 is -5.17. The summed E-state index contributed by atoms with van der Waals surface area (Å²) in [7, 11) is 17.9. The molecule has 0 spiro atoms. The third kappa shape index (κ3) is 6.48. The van der Waals surface area contributed by atoms with Crippen molar-refractivity contribution in [3.8, 4) is 22.3 Å². The van der Waals surface area contributed by atoms with Crippen molar-refractivity contribution in [2.75, 3.05) is 0 Å². The normalized spacial score (nSPS) is 19.4. The molecule has 0 radical (unpaired) electrons. The SMILES string of the molecule is CCC(C)C1=Cc2c(-c3ccccc3C(C)(C)C)cccc2[CH]1[Hf]([Cl])([Cl])([CH]1C(C(C)CC)=Cc2c(-c3ccccc3C(C)(C)C)cccc21)[SiH](C)C. The molecule has 4 aromatic rings. The number of allylic oxidation sites excluding steroid dienone is 2. The number of halogens is 2. The number of benzene rings is 4. The molecule has 275 valence electrons. The van der Waals surface area contributed by atoms with E-state index in [1.165, 1.54) is 66.8 Å². The van der Waals surface area contributed by atoms with Crippen LogP contribution in [0.25, 0.3) is 34.4 Å². The second-order valence-corrected chi connectivity index (χ2v) is 77.6. The first kappa shape index (κ1) is 39.7. The Morgan fingerprint density at radius 2 is 0.904 bits per heavy atom. The van der Waals surface area contributed by atoms with Crippen LogP contribution in [0, 0.1) is 11.8 Å². The molecule has 4 atom stereocenters. The van der Waals surface area contributed by atoms with Crippen molar-refractivity contribution in [1.82, 2.24) is 0 Å². The van der Waals surface area contributed by atoms with Crippen molar-refractivity contribution in [2.45, 2.75) is 113 Å². The number of hydrogen-bond acceptors (Lipinski definition) is 0. The molecule has 0 aliphatic heterocycles.